The van der Waals surface area contributed by atoms with Crippen LogP contribution in [0.4, 0.5) is 20.2 Å². The smallest absolute Gasteiger partial charge is 0.177 e. The third-order valence-electron chi connectivity index (χ3n) is 6.98. The molecule has 2 N–H and O–H groups in total. The van der Waals surface area contributed by atoms with Crippen LogP contribution in [-0.4, -0.2) is 0 Å². The normalized spacial score (nSPS) is 13.1. The van der Waals surface area contributed by atoms with Crippen LogP contribution in [0.25, 0.3) is 41.7 Å². The van der Waals surface area contributed by atoms with Crippen LogP contribution < -0.4 is 21.6 Å². The summed E-state index contributed by atoms with van der Waals surface area (Å²) in [5.41, 5.74) is 9.92. The van der Waals surface area contributed by atoms with Crippen molar-refractivity contribution in [2.75, 3.05) is 10.9 Å². The van der Waals surface area contributed by atoms with Crippen LogP contribution in [0.1, 0.15) is 11.1 Å². The molecule has 0 atom stereocenters. The Morgan fingerprint density at radius 1 is 0.579 bits per heavy atom. The number of anilines is 2. The van der Waals surface area contributed by atoms with E-state index in [-0.39, 0.29) is 10.3 Å². The molecule has 2 heterocycles. The van der Waals surface area contributed by atoms with Crippen LogP contribution in [0.3, 0.4) is 0 Å². The van der Waals surface area contributed by atoms with Gasteiger partial charge in [-0.25, -0.2) is 0 Å². The maximum atomic E-state index is 14.6. The molecule has 0 aliphatic rings. The van der Waals surface area contributed by atoms with E-state index in [1.807, 2.05) is 74.5 Å². The van der Waals surface area contributed by atoms with Crippen molar-refractivity contribution >= 4 is 75.8 Å². The summed E-state index contributed by atoms with van der Waals surface area (Å²) < 4.78 is 30.9. The first kappa shape index (κ1) is 23.0. The van der Waals surface area contributed by atoms with Crippen LogP contribution in [0, 0.1) is 24.1 Å². The first-order chi connectivity index (χ1) is 18.5. The number of nitrogens with one attached hydrogen (secondary N) is 2. The van der Waals surface area contributed by atoms with Crippen LogP contribution in [-0.2, 0) is 0 Å². The highest BCUT2D eigenvalue weighted by Gasteiger charge is 2.24. The highest BCUT2D eigenvalue weighted by molar-refractivity contribution is 7.19. The van der Waals surface area contributed by atoms with Crippen molar-refractivity contribution < 1.29 is 8.78 Å². The van der Waals surface area contributed by atoms with Crippen molar-refractivity contribution in [3.05, 3.63) is 105 Å². The highest BCUT2D eigenvalue weighted by atomic mass is 32.1. The summed E-state index contributed by atoms with van der Waals surface area (Å²) in [5, 5.41) is 15.7. The lowest BCUT2D eigenvalue weighted by Gasteiger charge is -2.07. The lowest BCUT2D eigenvalue weighted by atomic mass is 9.98. The Morgan fingerprint density at radius 3 is 1.37 bits per heavy atom. The average molecular weight is 539 g/mol. The van der Waals surface area contributed by atoms with Gasteiger partial charge in [-0.05, 0) is 61.4 Å². The third kappa shape index (κ3) is 3.44. The molecule has 8 heteroatoms. The molecule has 0 aliphatic carbocycles. The van der Waals surface area contributed by atoms with Gasteiger partial charge in [0.25, 0.3) is 0 Å². The molecule has 0 spiro atoms. The summed E-state index contributed by atoms with van der Waals surface area (Å²) in [4.78, 5) is 0. The molecule has 0 radical (unpaired) electrons. The Balaban J connectivity index is 1.60. The van der Waals surface area contributed by atoms with Gasteiger partial charge in [-0.3, -0.25) is 10.9 Å². The molecule has 5 aromatic carbocycles. The quantitative estimate of drug-likeness (QED) is 0.223. The van der Waals surface area contributed by atoms with E-state index in [9.17, 15) is 8.78 Å². The number of hydrogen-bond donors (Lipinski definition) is 2. The molecule has 38 heavy (non-hydrogen) atoms. The summed E-state index contributed by atoms with van der Waals surface area (Å²) in [6, 6.07) is 22.4. The Kier molecular flexibility index (Phi) is 5.28. The minimum Gasteiger partial charge on any atom is -0.278 e. The molecule has 4 nitrogen and oxygen atoms in total. The number of thiophene rings is 2. The fourth-order valence-electron chi connectivity index (χ4n) is 5.37. The molecule has 7 rings (SSSR count). The van der Waals surface area contributed by atoms with Crippen LogP contribution in [0.5, 0.6) is 0 Å². The lowest BCUT2D eigenvalue weighted by Crippen LogP contribution is -2.07. The van der Waals surface area contributed by atoms with Crippen molar-refractivity contribution in [2.24, 2.45) is 10.2 Å². The SMILES string of the molecule is Cc1c2/c(=N/Nc3ccccc3)c3cc(F)sc3c2c(C)c2/c(=N/Nc3ccccc3)c3cc(F)sc3c12. The summed E-state index contributed by atoms with van der Waals surface area (Å²) in [6.07, 6.45) is 0. The summed E-state index contributed by atoms with van der Waals surface area (Å²) in [7, 11) is 0. The fourth-order valence-corrected chi connectivity index (χ4v) is 7.36. The van der Waals surface area contributed by atoms with E-state index in [4.69, 9.17) is 10.2 Å². The Bertz CT molecular complexity index is 1960. The second-order valence-electron chi connectivity index (χ2n) is 9.21. The summed E-state index contributed by atoms with van der Waals surface area (Å²) >= 11 is 2.25. The van der Waals surface area contributed by atoms with E-state index < -0.39 is 0 Å². The van der Waals surface area contributed by atoms with E-state index in [1.54, 1.807) is 12.1 Å². The van der Waals surface area contributed by atoms with Crippen molar-refractivity contribution in [1.82, 2.24) is 0 Å². The fraction of sp³-hybridized carbons (Fsp3) is 0.0667. The number of fused-ring (bicyclic) bond motifs is 6. The topological polar surface area (TPSA) is 48.8 Å². The van der Waals surface area contributed by atoms with Gasteiger partial charge in [0.15, 0.2) is 10.3 Å². The first-order valence-corrected chi connectivity index (χ1v) is 13.7. The zero-order chi connectivity index (χ0) is 26.0. The molecule has 0 unspecified atom stereocenters. The Hall–Kier alpha value is -4.14. The number of para-hydroxylation sites is 2. The number of aryl methyl sites for hydroxylation is 2. The van der Waals surface area contributed by atoms with Gasteiger partial charge in [0.1, 0.15) is 10.7 Å². The standard InChI is InChI=1S/C30H20F2N4S2/c1-15-23-26(30-19(13-22(32)38-30)27(23)35-33-17-9-5-3-6-10-17)16(2)24-25(15)29-20(14-21(31)37-29)28(24)36-34-18-11-7-4-8-12-18/h3-14,33-34H,1-2H3/b35-27+,36-28+. The zero-order valence-electron chi connectivity index (χ0n) is 20.4. The molecule has 2 aromatic heterocycles. The predicted molar refractivity (Wildman–Crippen MR) is 155 cm³/mol. The van der Waals surface area contributed by atoms with Crippen LogP contribution in [0.15, 0.2) is 83.0 Å². The van der Waals surface area contributed by atoms with Gasteiger partial charge in [-0.2, -0.15) is 19.0 Å². The number of halogens is 2. The van der Waals surface area contributed by atoms with Crippen LogP contribution in [0.2, 0.25) is 0 Å². The Labute approximate surface area is 223 Å². The molecule has 0 aliphatic heterocycles. The Morgan fingerprint density at radius 2 is 0.974 bits per heavy atom. The van der Waals surface area contributed by atoms with Gasteiger partial charge in [-0.1, -0.05) is 36.4 Å². The molecular weight excluding hydrogens is 518 g/mol. The van der Waals surface area contributed by atoms with Crippen molar-refractivity contribution in [3.8, 4) is 0 Å². The molecule has 0 saturated carbocycles. The lowest BCUT2D eigenvalue weighted by molar-refractivity contribution is 0.658. The molecule has 0 saturated heterocycles. The third-order valence-corrected chi connectivity index (χ3v) is 8.87. The predicted octanol–water partition coefficient (Wildman–Crippen LogP) is 8.05. The van der Waals surface area contributed by atoms with Gasteiger partial charge in [-0.15, -0.1) is 22.7 Å². The monoisotopic (exact) mass is 538 g/mol. The van der Waals surface area contributed by atoms with Gasteiger partial charge in [0, 0.05) is 41.7 Å². The van der Waals surface area contributed by atoms with Crippen LogP contribution >= 0.6 is 22.7 Å². The van der Waals surface area contributed by atoms with Gasteiger partial charge in [0.2, 0.25) is 0 Å². The highest BCUT2D eigenvalue weighted by Crippen LogP contribution is 2.42. The molecule has 0 amide bonds. The minimum absolute atomic E-state index is 0.258. The van der Waals surface area contributed by atoms with Crippen molar-refractivity contribution in [3.63, 3.8) is 0 Å². The summed E-state index contributed by atoms with van der Waals surface area (Å²) in [5.74, 6) is 0. The van der Waals surface area contributed by atoms with Crippen molar-refractivity contribution in [2.45, 2.75) is 13.8 Å². The zero-order valence-corrected chi connectivity index (χ0v) is 22.0. The molecule has 186 valence electrons. The summed E-state index contributed by atoms with van der Waals surface area (Å²) in [6.45, 7) is 4.08. The number of nitrogens with zero attached hydrogens (tertiary/aromatic N) is 2. The first-order valence-electron chi connectivity index (χ1n) is 12.1. The number of rotatable bonds is 4. The van der Waals surface area contributed by atoms with E-state index in [1.165, 1.54) is 0 Å². The molecular formula is C30H20F2N4S2. The second kappa shape index (κ2) is 8.72. The molecule has 0 fully saturated rings. The number of benzene rings is 3. The second-order valence-corrected chi connectivity index (χ2v) is 11.2. The van der Waals surface area contributed by atoms with E-state index in [0.717, 1.165) is 86.9 Å². The van der Waals surface area contributed by atoms with Gasteiger partial charge < -0.3 is 0 Å². The number of hydrogen-bond acceptors (Lipinski definition) is 6. The maximum absolute atomic E-state index is 14.6. The van der Waals surface area contributed by atoms with E-state index >= 15 is 0 Å². The molecule has 7 aromatic rings. The van der Waals surface area contributed by atoms with E-state index in [2.05, 4.69) is 10.9 Å². The molecule has 0 bridgehead atoms. The largest absolute Gasteiger partial charge is 0.278 e. The van der Waals surface area contributed by atoms with Crippen molar-refractivity contribution in [1.29, 1.82) is 0 Å². The minimum atomic E-state index is -0.258. The van der Waals surface area contributed by atoms with Gasteiger partial charge in [0.05, 0.1) is 11.4 Å². The van der Waals surface area contributed by atoms with E-state index in [0.29, 0.717) is 10.7 Å². The van der Waals surface area contributed by atoms with Gasteiger partial charge >= 0.3 is 0 Å². The maximum Gasteiger partial charge on any atom is 0.177 e. The average Bonchev–Trinajstić information content (AvgIpc) is 3.64.